The molecule has 0 spiro atoms. The van der Waals surface area contributed by atoms with E-state index in [-0.39, 0.29) is 18.6 Å². The monoisotopic (exact) mass is 201 g/mol. The predicted molar refractivity (Wildman–Crippen MR) is 56.5 cm³/mol. The minimum Gasteiger partial charge on any atom is -0.480 e. The predicted octanol–water partition coefficient (Wildman–Crippen LogP) is 0.423. The van der Waals surface area contributed by atoms with Crippen LogP contribution in [0.3, 0.4) is 0 Å². The van der Waals surface area contributed by atoms with Gasteiger partial charge in [0.05, 0.1) is 0 Å². The van der Waals surface area contributed by atoms with Crippen LogP contribution < -0.4 is 10.6 Å². The van der Waals surface area contributed by atoms with Crippen LogP contribution in [-0.2, 0) is 4.79 Å². The van der Waals surface area contributed by atoms with E-state index >= 15 is 0 Å². The summed E-state index contributed by atoms with van der Waals surface area (Å²) in [4.78, 5) is 14.2. The summed E-state index contributed by atoms with van der Waals surface area (Å²) in [5, 5.41) is 14.6. The number of carbonyl (C=O) groups is 1. The Bertz CT molecular complexity index is 200. The van der Waals surface area contributed by atoms with E-state index in [4.69, 9.17) is 5.11 Å². The fraction of sp³-hybridized carbons (Fsp3) is 0.778. The molecule has 0 amide bonds. The van der Waals surface area contributed by atoms with Crippen molar-refractivity contribution in [1.29, 1.82) is 0 Å². The van der Waals surface area contributed by atoms with Crippen molar-refractivity contribution in [2.24, 2.45) is 4.99 Å². The zero-order chi connectivity index (χ0) is 11.1. The topological polar surface area (TPSA) is 73.7 Å². The molecule has 0 aliphatic heterocycles. The summed E-state index contributed by atoms with van der Waals surface area (Å²) in [6, 6.07) is 0.461. The lowest BCUT2D eigenvalue weighted by Gasteiger charge is -2.16. The first kappa shape index (κ1) is 12.7. The van der Waals surface area contributed by atoms with Gasteiger partial charge in [0.2, 0.25) is 0 Å². The van der Waals surface area contributed by atoms with Gasteiger partial charge < -0.3 is 15.7 Å². The maximum absolute atomic E-state index is 10.3. The number of nitrogens with zero attached hydrogens (tertiary/aromatic N) is 1. The summed E-state index contributed by atoms with van der Waals surface area (Å²) in [6.45, 7) is 7.67. The highest BCUT2D eigenvalue weighted by atomic mass is 16.4. The molecule has 0 aliphatic carbocycles. The van der Waals surface area contributed by atoms with Crippen molar-refractivity contribution < 1.29 is 9.90 Å². The molecule has 3 N–H and O–H groups in total. The molecule has 0 heterocycles. The zero-order valence-electron chi connectivity index (χ0n) is 9.16. The van der Waals surface area contributed by atoms with E-state index in [0.29, 0.717) is 5.96 Å². The standard InChI is InChI=1S/C9H19N3O2/c1-6(2)11-9(12-7(3)4)10-5-8(13)14/h6-7H,5H2,1-4H3,(H,13,14)(H2,10,11,12). The first-order valence-corrected chi connectivity index (χ1v) is 4.71. The van der Waals surface area contributed by atoms with Crippen LogP contribution in [0.4, 0.5) is 0 Å². The summed E-state index contributed by atoms with van der Waals surface area (Å²) in [5.74, 6) is -0.393. The summed E-state index contributed by atoms with van der Waals surface area (Å²) < 4.78 is 0. The van der Waals surface area contributed by atoms with Gasteiger partial charge in [0.25, 0.3) is 0 Å². The molecule has 0 bridgehead atoms. The third-order valence-electron chi connectivity index (χ3n) is 1.22. The van der Waals surface area contributed by atoms with Gasteiger partial charge in [-0.15, -0.1) is 0 Å². The second-order valence-corrected chi connectivity index (χ2v) is 3.66. The van der Waals surface area contributed by atoms with Crippen molar-refractivity contribution in [3.8, 4) is 0 Å². The molecule has 0 rings (SSSR count). The first-order valence-electron chi connectivity index (χ1n) is 4.71. The van der Waals surface area contributed by atoms with Crippen LogP contribution in [0.5, 0.6) is 0 Å². The molecule has 0 fully saturated rings. The molecule has 0 aliphatic rings. The SMILES string of the molecule is CC(C)NC(=NCC(=O)O)NC(C)C. The molecule has 14 heavy (non-hydrogen) atoms. The minimum absolute atomic E-state index is 0.214. The number of rotatable bonds is 4. The highest BCUT2D eigenvalue weighted by Crippen LogP contribution is 1.83. The van der Waals surface area contributed by atoms with Gasteiger partial charge in [-0.05, 0) is 27.7 Å². The average Bonchev–Trinajstić information content (AvgIpc) is 1.97. The van der Waals surface area contributed by atoms with Gasteiger partial charge in [0.1, 0.15) is 6.54 Å². The number of carboxylic acid groups (broad SMARTS) is 1. The molecule has 0 saturated heterocycles. The van der Waals surface area contributed by atoms with Crippen LogP contribution >= 0.6 is 0 Å². The normalized spacial score (nSPS) is 10.1. The number of carboxylic acids is 1. The lowest BCUT2D eigenvalue weighted by atomic mass is 10.4. The van der Waals surface area contributed by atoms with Crippen molar-refractivity contribution in [3.63, 3.8) is 0 Å². The highest BCUT2D eigenvalue weighted by molar-refractivity contribution is 5.82. The van der Waals surface area contributed by atoms with E-state index in [2.05, 4.69) is 15.6 Å². The molecular formula is C9H19N3O2. The Labute approximate surface area is 84.6 Å². The summed E-state index contributed by atoms with van der Waals surface area (Å²) in [7, 11) is 0. The molecular weight excluding hydrogens is 182 g/mol. The number of nitrogens with one attached hydrogen (secondary N) is 2. The van der Waals surface area contributed by atoms with Gasteiger partial charge in [-0.1, -0.05) is 0 Å². The van der Waals surface area contributed by atoms with Gasteiger partial charge in [0, 0.05) is 12.1 Å². The van der Waals surface area contributed by atoms with Crippen molar-refractivity contribution in [2.75, 3.05) is 6.54 Å². The van der Waals surface area contributed by atoms with Crippen molar-refractivity contribution in [3.05, 3.63) is 0 Å². The lowest BCUT2D eigenvalue weighted by molar-refractivity contribution is -0.135. The van der Waals surface area contributed by atoms with Crippen molar-refractivity contribution >= 4 is 11.9 Å². The molecule has 0 atom stereocenters. The molecule has 5 nitrogen and oxygen atoms in total. The Morgan fingerprint density at radius 3 is 1.93 bits per heavy atom. The molecule has 0 radical (unpaired) electrons. The van der Waals surface area contributed by atoms with Crippen LogP contribution in [0.25, 0.3) is 0 Å². The summed E-state index contributed by atoms with van der Waals surface area (Å²) in [6.07, 6.45) is 0. The Hall–Kier alpha value is -1.26. The third-order valence-corrected chi connectivity index (χ3v) is 1.22. The van der Waals surface area contributed by atoms with Crippen LogP contribution in [0, 0.1) is 0 Å². The second-order valence-electron chi connectivity index (χ2n) is 3.66. The molecule has 82 valence electrons. The van der Waals surface area contributed by atoms with E-state index in [1.165, 1.54) is 0 Å². The average molecular weight is 201 g/mol. The Morgan fingerprint density at radius 1 is 1.21 bits per heavy atom. The summed E-state index contributed by atoms with van der Waals surface area (Å²) >= 11 is 0. The van der Waals surface area contributed by atoms with E-state index in [1.807, 2.05) is 27.7 Å². The van der Waals surface area contributed by atoms with Crippen molar-refractivity contribution in [1.82, 2.24) is 10.6 Å². The third kappa shape index (κ3) is 7.39. The van der Waals surface area contributed by atoms with Gasteiger partial charge in [-0.25, -0.2) is 4.99 Å². The zero-order valence-corrected chi connectivity index (χ0v) is 9.16. The molecule has 0 saturated carbocycles. The number of aliphatic imine (C=N–C) groups is 1. The lowest BCUT2D eigenvalue weighted by Crippen LogP contribution is -2.44. The van der Waals surface area contributed by atoms with E-state index < -0.39 is 5.97 Å². The quantitative estimate of drug-likeness (QED) is 0.455. The highest BCUT2D eigenvalue weighted by Gasteiger charge is 2.03. The second kappa shape index (κ2) is 6.23. The first-order chi connectivity index (χ1) is 6.41. The number of guanidine groups is 1. The number of aliphatic carboxylic acids is 1. The van der Waals surface area contributed by atoms with Crippen LogP contribution in [0.2, 0.25) is 0 Å². The number of hydrogen-bond acceptors (Lipinski definition) is 2. The van der Waals surface area contributed by atoms with Crippen LogP contribution in [0.15, 0.2) is 4.99 Å². The summed E-state index contributed by atoms with van der Waals surface area (Å²) in [5.41, 5.74) is 0. The molecule has 0 aromatic rings. The molecule has 5 heteroatoms. The Morgan fingerprint density at radius 2 is 1.64 bits per heavy atom. The van der Waals surface area contributed by atoms with Crippen LogP contribution in [0.1, 0.15) is 27.7 Å². The fourth-order valence-corrected chi connectivity index (χ4v) is 0.827. The maximum atomic E-state index is 10.3. The van der Waals surface area contributed by atoms with Gasteiger partial charge >= 0.3 is 5.97 Å². The van der Waals surface area contributed by atoms with Crippen LogP contribution in [-0.4, -0.2) is 35.7 Å². The minimum atomic E-state index is -0.932. The number of hydrogen-bond donors (Lipinski definition) is 3. The fourth-order valence-electron chi connectivity index (χ4n) is 0.827. The largest absolute Gasteiger partial charge is 0.480 e. The Kier molecular flexibility index (Phi) is 5.67. The van der Waals surface area contributed by atoms with Crippen molar-refractivity contribution in [2.45, 2.75) is 39.8 Å². The Balaban J connectivity index is 4.22. The smallest absolute Gasteiger partial charge is 0.325 e. The molecule has 0 aromatic carbocycles. The van der Waals surface area contributed by atoms with Gasteiger partial charge in [-0.3, -0.25) is 4.79 Å². The molecule has 0 aromatic heterocycles. The van der Waals surface area contributed by atoms with Gasteiger partial charge in [-0.2, -0.15) is 0 Å². The molecule has 0 unspecified atom stereocenters. The van der Waals surface area contributed by atoms with E-state index in [0.717, 1.165) is 0 Å². The van der Waals surface area contributed by atoms with E-state index in [9.17, 15) is 4.79 Å². The maximum Gasteiger partial charge on any atom is 0.325 e. The van der Waals surface area contributed by atoms with E-state index in [1.54, 1.807) is 0 Å². The van der Waals surface area contributed by atoms with Gasteiger partial charge in [0.15, 0.2) is 5.96 Å².